The largest absolute Gasteiger partial charge is 0.497 e. The number of benzene rings is 1. The molecule has 1 unspecified atom stereocenters. The number of hydrogen-bond donors (Lipinski definition) is 1. The third-order valence-corrected chi connectivity index (χ3v) is 7.58. The SMILES string of the molecule is CCOC(=O)C(=O)N/N=C1/C=S(=O)(c2c(C)cc(OC)cc2C)N(C2CC2)C1. The van der Waals surface area contributed by atoms with Gasteiger partial charge in [-0.2, -0.15) is 5.10 Å². The van der Waals surface area contributed by atoms with Crippen molar-refractivity contribution in [3.63, 3.8) is 0 Å². The quantitative estimate of drug-likeness (QED) is 0.342. The number of rotatable bonds is 5. The lowest BCUT2D eigenvalue weighted by atomic mass is 10.1. The second-order valence-electron chi connectivity index (χ2n) is 6.85. The Hall–Kier alpha value is -2.39. The van der Waals surface area contributed by atoms with Gasteiger partial charge in [-0.05, 0) is 56.9 Å². The third-order valence-electron chi connectivity index (χ3n) is 4.64. The Morgan fingerprint density at radius 1 is 1.29 bits per heavy atom. The molecule has 1 aromatic carbocycles. The molecule has 9 heteroatoms. The summed E-state index contributed by atoms with van der Waals surface area (Å²) < 4.78 is 26.0. The van der Waals surface area contributed by atoms with E-state index in [1.807, 2.05) is 30.3 Å². The number of nitrogens with one attached hydrogen (secondary N) is 1. The fourth-order valence-electron chi connectivity index (χ4n) is 3.35. The van der Waals surface area contributed by atoms with Crippen molar-refractivity contribution < 1.29 is 23.3 Å². The number of nitrogens with zero attached hydrogens (tertiary/aromatic N) is 2. The number of amides is 1. The van der Waals surface area contributed by atoms with Crippen LogP contribution in [-0.4, -0.2) is 57.8 Å². The van der Waals surface area contributed by atoms with Crippen molar-refractivity contribution in [2.24, 2.45) is 5.10 Å². The van der Waals surface area contributed by atoms with E-state index in [1.165, 1.54) is 0 Å². The summed E-state index contributed by atoms with van der Waals surface area (Å²) in [5.41, 5.74) is 4.41. The molecule has 1 amide bonds. The summed E-state index contributed by atoms with van der Waals surface area (Å²) in [6, 6.07) is 3.95. The molecule has 1 fully saturated rings. The maximum atomic E-state index is 14.1. The molecule has 0 radical (unpaired) electrons. The van der Waals surface area contributed by atoms with Gasteiger partial charge in [0.25, 0.3) is 0 Å². The molecule has 0 saturated heterocycles. The van der Waals surface area contributed by atoms with E-state index >= 15 is 0 Å². The Kier molecular flexibility index (Phi) is 5.76. The number of carbonyl (C=O) groups is 2. The number of esters is 1. The van der Waals surface area contributed by atoms with Crippen LogP contribution in [0.2, 0.25) is 0 Å². The molecule has 0 aromatic heterocycles. The second-order valence-corrected chi connectivity index (χ2v) is 9.10. The number of aryl methyl sites for hydroxylation is 2. The van der Waals surface area contributed by atoms with E-state index < -0.39 is 21.6 Å². The fourth-order valence-corrected chi connectivity index (χ4v) is 6.35. The van der Waals surface area contributed by atoms with Gasteiger partial charge in [0.15, 0.2) is 0 Å². The molecule has 1 aromatic rings. The summed E-state index contributed by atoms with van der Waals surface area (Å²) >= 11 is 0. The lowest BCUT2D eigenvalue weighted by Gasteiger charge is -2.24. The number of hydrogen-bond acceptors (Lipinski definition) is 6. The van der Waals surface area contributed by atoms with Crippen LogP contribution in [0.4, 0.5) is 0 Å². The van der Waals surface area contributed by atoms with Gasteiger partial charge in [-0.15, -0.1) is 0 Å². The molecule has 2 aliphatic rings. The topological polar surface area (TPSA) is 97.3 Å². The lowest BCUT2D eigenvalue weighted by molar-refractivity contribution is -0.154. The molecule has 1 aliphatic carbocycles. The highest BCUT2D eigenvalue weighted by atomic mass is 32.2. The molecule has 1 N–H and O–H groups in total. The first kappa shape index (κ1) is 20.3. The van der Waals surface area contributed by atoms with Crippen molar-refractivity contribution in [3.8, 4) is 5.75 Å². The van der Waals surface area contributed by atoms with E-state index in [9.17, 15) is 13.8 Å². The summed E-state index contributed by atoms with van der Waals surface area (Å²) in [6.45, 7) is 5.89. The minimum absolute atomic E-state index is 0.105. The third kappa shape index (κ3) is 3.90. The first-order valence-corrected chi connectivity index (χ1v) is 10.7. The summed E-state index contributed by atoms with van der Waals surface area (Å²) in [5, 5.41) is 5.63. The van der Waals surface area contributed by atoms with Gasteiger partial charge in [-0.25, -0.2) is 18.7 Å². The molecular weight excluding hydrogens is 382 g/mol. The van der Waals surface area contributed by atoms with Crippen LogP contribution >= 0.6 is 0 Å². The van der Waals surface area contributed by atoms with E-state index in [-0.39, 0.29) is 12.6 Å². The summed E-state index contributed by atoms with van der Waals surface area (Å²) in [6.07, 6.45) is 1.95. The van der Waals surface area contributed by atoms with Gasteiger partial charge in [0.1, 0.15) is 5.75 Å². The van der Waals surface area contributed by atoms with Crippen molar-refractivity contribution in [2.75, 3.05) is 20.3 Å². The van der Waals surface area contributed by atoms with Gasteiger partial charge in [0.2, 0.25) is 0 Å². The molecule has 1 atom stereocenters. The van der Waals surface area contributed by atoms with E-state index in [0.717, 1.165) is 28.9 Å². The fraction of sp³-hybridized carbons (Fsp3) is 0.474. The summed E-state index contributed by atoms with van der Waals surface area (Å²) in [5.74, 6) is -1.23. The van der Waals surface area contributed by atoms with Gasteiger partial charge >= 0.3 is 11.9 Å². The molecule has 1 aliphatic heterocycles. The minimum atomic E-state index is -2.67. The average Bonchev–Trinajstić information content (AvgIpc) is 3.42. The van der Waals surface area contributed by atoms with Crippen LogP contribution in [0.5, 0.6) is 5.75 Å². The molecule has 0 spiro atoms. The smallest absolute Gasteiger partial charge is 0.398 e. The number of ether oxygens (including phenoxy) is 2. The Balaban J connectivity index is 1.97. The lowest BCUT2D eigenvalue weighted by Crippen LogP contribution is -2.32. The highest BCUT2D eigenvalue weighted by molar-refractivity contribution is 8.01. The van der Waals surface area contributed by atoms with Gasteiger partial charge in [-0.3, -0.25) is 4.79 Å². The van der Waals surface area contributed by atoms with Crippen LogP contribution in [0.3, 0.4) is 0 Å². The van der Waals surface area contributed by atoms with Crippen molar-refractivity contribution >= 4 is 32.7 Å². The first-order valence-electron chi connectivity index (χ1n) is 9.14. The van der Waals surface area contributed by atoms with E-state index in [4.69, 9.17) is 4.74 Å². The van der Waals surface area contributed by atoms with Crippen LogP contribution in [0.25, 0.3) is 0 Å². The van der Waals surface area contributed by atoms with Crippen molar-refractivity contribution in [3.05, 3.63) is 23.3 Å². The predicted octanol–water partition coefficient (Wildman–Crippen LogP) is 1.19. The average molecular weight is 407 g/mol. The van der Waals surface area contributed by atoms with Crippen LogP contribution < -0.4 is 10.2 Å². The monoisotopic (exact) mass is 407 g/mol. The molecule has 152 valence electrons. The highest BCUT2D eigenvalue weighted by Gasteiger charge is 2.41. The molecular formula is C19H25N3O5S. The second kappa shape index (κ2) is 7.92. The molecule has 0 bridgehead atoms. The van der Waals surface area contributed by atoms with Gasteiger partial charge < -0.3 is 9.47 Å². The molecule has 8 nitrogen and oxygen atoms in total. The minimum Gasteiger partial charge on any atom is -0.497 e. The molecule has 1 heterocycles. The number of hydrazone groups is 1. The van der Waals surface area contributed by atoms with Gasteiger partial charge in [-0.1, -0.05) is 0 Å². The van der Waals surface area contributed by atoms with E-state index in [0.29, 0.717) is 18.0 Å². The molecule has 1 saturated carbocycles. The van der Waals surface area contributed by atoms with Crippen LogP contribution in [0.1, 0.15) is 30.9 Å². The zero-order valence-corrected chi connectivity index (χ0v) is 17.3. The zero-order valence-electron chi connectivity index (χ0n) is 16.5. The van der Waals surface area contributed by atoms with Crippen LogP contribution in [0, 0.1) is 13.8 Å². The number of methoxy groups -OCH3 is 1. The van der Waals surface area contributed by atoms with Gasteiger partial charge in [0, 0.05) is 11.4 Å². The van der Waals surface area contributed by atoms with Crippen molar-refractivity contribution in [1.29, 1.82) is 0 Å². The first-order chi connectivity index (χ1) is 13.3. The highest BCUT2D eigenvalue weighted by Crippen LogP contribution is 2.37. The number of carbonyl (C=O) groups excluding carboxylic acids is 2. The molecule has 28 heavy (non-hydrogen) atoms. The maximum absolute atomic E-state index is 14.1. The standard InChI is InChI=1S/C19H25N3O5S/c1-5-27-19(24)18(23)21-20-14-10-22(15-6-7-15)28(25,11-14)17-12(2)8-16(26-4)9-13(17)3/h8-9,11,15H,5-7,10H2,1-4H3,(H,21,23)/b20-14+. The normalized spacial score (nSPS) is 23.4. The Morgan fingerprint density at radius 2 is 1.93 bits per heavy atom. The van der Waals surface area contributed by atoms with Crippen LogP contribution in [-0.2, 0) is 24.0 Å². The van der Waals surface area contributed by atoms with Crippen LogP contribution in [0.15, 0.2) is 22.1 Å². The van der Waals surface area contributed by atoms with Crippen molar-refractivity contribution in [1.82, 2.24) is 9.73 Å². The van der Waals surface area contributed by atoms with E-state index in [1.54, 1.807) is 19.4 Å². The summed E-state index contributed by atoms with van der Waals surface area (Å²) in [4.78, 5) is 23.9. The predicted molar refractivity (Wildman–Crippen MR) is 107 cm³/mol. The Labute approximate surface area is 165 Å². The maximum Gasteiger partial charge on any atom is 0.398 e. The van der Waals surface area contributed by atoms with E-state index in [2.05, 4.69) is 15.3 Å². The Morgan fingerprint density at radius 3 is 2.46 bits per heavy atom. The summed E-state index contributed by atoms with van der Waals surface area (Å²) in [7, 11) is -1.07. The zero-order chi connectivity index (χ0) is 20.5. The Bertz CT molecular complexity index is 935. The van der Waals surface area contributed by atoms with Gasteiger partial charge in [0.05, 0.1) is 40.6 Å². The molecule has 3 rings (SSSR count). The van der Waals surface area contributed by atoms with Crippen molar-refractivity contribution in [2.45, 2.75) is 44.6 Å².